The zero-order valence-corrected chi connectivity index (χ0v) is 70.8. The van der Waals surface area contributed by atoms with E-state index in [1.165, 1.54) is 69.6 Å². The predicted molar refractivity (Wildman–Crippen MR) is 445 cm³/mol. The molecule has 0 fully saturated rings. The second-order valence-electron chi connectivity index (χ2n) is 29.5. The number of hydrogen-bond donors (Lipinski definition) is 0. The highest BCUT2D eigenvalue weighted by Crippen LogP contribution is 2.43. The summed E-state index contributed by atoms with van der Waals surface area (Å²) >= 11 is 5.84. The lowest BCUT2D eigenvalue weighted by Crippen LogP contribution is -2.45. The van der Waals surface area contributed by atoms with Crippen LogP contribution in [-0.4, -0.2) is 207 Å². The minimum atomic E-state index is -0.694. The van der Waals surface area contributed by atoms with Gasteiger partial charge in [-0.1, -0.05) is 12.1 Å². The van der Waals surface area contributed by atoms with Gasteiger partial charge >= 0.3 is 47.8 Å². The molecule has 0 radical (unpaired) electrons. The fraction of sp³-hybridized carbons (Fsp3) is 0.386. The van der Waals surface area contributed by atoms with E-state index in [0.29, 0.717) is 84.9 Å². The number of thiophene rings is 4. The highest BCUT2D eigenvalue weighted by Gasteiger charge is 2.41. The number of aromatic nitrogens is 2. The lowest BCUT2D eigenvalue weighted by molar-refractivity contribution is -0.149. The number of hydrogen-bond acceptors (Lipinski definition) is 32. The lowest BCUT2D eigenvalue weighted by Gasteiger charge is -2.31. The van der Waals surface area contributed by atoms with Crippen LogP contribution < -0.4 is 37.9 Å². The molecular weight excluding hydrogens is 1690 g/mol. The van der Waals surface area contributed by atoms with Crippen LogP contribution in [-0.2, 0) is 89.1 Å². The number of fused-ring (bicyclic) bond motifs is 6. The molecule has 8 aromatic heterocycles. The van der Waals surface area contributed by atoms with E-state index in [1.807, 2.05) is 68.9 Å². The minimum Gasteiger partial charge on any atom is -0.485 e. The van der Waals surface area contributed by atoms with E-state index >= 15 is 0 Å². The predicted octanol–water partition coefficient (Wildman–Crippen LogP) is 12.2. The summed E-state index contributed by atoms with van der Waals surface area (Å²) in [7, 11) is 0. The fourth-order valence-corrected chi connectivity index (χ4v) is 17.7. The second kappa shape index (κ2) is 40.2. The molecule has 4 amide bonds. The maximum Gasteiger partial charge on any atom is 0.305 e. The number of ether oxygens (including phenoxy) is 16. The van der Waals surface area contributed by atoms with Gasteiger partial charge in [0.15, 0.2) is 70.4 Å². The van der Waals surface area contributed by atoms with Crippen molar-refractivity contribution in [2.75, 3.05) is 92.4 Å². The van der Waals surface area contributed by atoms with Gasteiger partial charge in [-0.15, -0.1) is 45.3 Å². The molecule has 4 atom stereocenters. The Bertz CT molecular complexity index is 5280. The van der Waals surface area contributed by atoms with E-state index in [1.54, 1.807) is 10.8 Å². The first-order chi connectivity index (χ1) is 60.3. The molecule has 650 valence electrons. The van der Waals surface area contributed by atoms with Gasteiger partial charge in [0.1, 0.15) is 66.1 Å². The molecule has 2 aromatic carbocycles. The van der Waals surface area contributed by atoms with Gasteiger partial charge in [0.05, 0.1) is 37.7 Å². The van der Waals surface area contributed by atoms with Crippen LogP contribution in [0.3, 0.4) is 0 Å². The SMILES string of the molecule is Cc1c(CCOC(=O)CCCC(=O)OCC2COc3cscc3O2)c2ccccn2c1-c1c(C)c(CCOC(=O)CCCC(=O)OCC2COc3cscc3O2)c2ccccn12.O=C(CCCC(=O)OCC1COc2cscc2O1)OCCN1C(=O)c2ccc3c4c(ccc(c24)C1=O)C(=O)N(CCOC(=O)CCCC(=O)OCC1COc2cscc2O1)C3=O. The smallest absolute Gasteiger partial charge is 0.305 e. The van der Waals surface area contributed by atoms with Crippen LogP contribution in [0.4, 0.5) is 0 Å². The van der Waals surface area contributed by atoms with Crippen LogP contribution in [0, 0.1) is 13.8 Å². The monoisotopic (exact) mass is 1770 g/mol. The Morgan fingerprint density at radius 1 is 0.339 bits per heavy atom. The zero-order valence-electron chi connectivity index (χ0n) is 67.5. The molecule has 6 aliphatic rings. The van der Waals surface area contributed by atoms with Crippen molar-refractivity contribution in [1.29, 1.82) is 0 Å². The first-order valence-electron chi connectivity index (χ1n) is 40.5. The Morgan fingerprint density at radius 3 is 0.879 bits per heavy atom. The van der Waals surface area contributed by atoms with Crippen LogP contribution in [0.2, 0.25) is 0 Å². The van der Waals surface area contributed by atoms with Gasteiger partial charge in [0, 0.05) is 164 Å². The topological polar surface area (TPSA) is 368 Å². The molecule has 32 nitrogen and oxygen atoms in total. The molecule has 10 aromatic rings. The largest absolute Gasteiger partial charge is 0.485 e. The van der Waals surface area contributed by atoms with E-state index in [9.17, 15) is 57.5 Å². The Kier molecular flexibility index (Phi) is 28.0. The molecule has 0 saturated heterocycles. The maximum atomic E-state index is 13.6. The van der Waals surface area contributed by atoms with Gasteiger partial charge in [0.2, 0.25) is 0 Å². The molecule has 0 N–H and O–H groups in total. The van der Waals surface area contributed by atoms with Crippen LogP contribution >= 0.6 is 45.3 Å². The van der Waals surface area contributed by atoms with Crippen molar-refractivity contribution in [2.24, 2.45) is 0 Å². The molecule has 0 aliphatic carbocycles. The van der Waals surface area contributed by atoms with Gasteiger partial charge in [-0.3, -0.25) is 67.3 Å². The lowest BCUT2D eigenvalue weighted by atomic mass is 9.86. The number of carbonyl (C=O) groups excluding carboxylic acids is 12. The molecule has 14 heterocycles. The van der Waals surface area contributed by atoms with Gasteiger partial charge in [-0.2, -0.15) is 0 Å². The number of rotatable bonds is 37. The molecule has 4 unspecified atom stereocenters. The minimum absolute atomic E-state index is 0.00275. The molecule has 36 heteroatoms. The average Bonchev–Trinajstić information content (AvgIpc) is 0.973. The van der Waals surface area contributed by atoms with Gasteiger partial charge in [-0.25, -0.2) is 0 Å². The molecule has 124 heavy (non-hydrogen) atoms. The summed E-state index contributed by atoms with van der Waals surface area (Å²) in [6.07, 6.45) is 4.52. The number of carbonyl (C=O) groups is 12. The van der Waals surface area contributed by atoms with E-state index < -0.39 is 71.7 Å². The zero-order chi connectivity index (χ0) is 86.3. The van der Waals surface area contributed by atoms with Gasteiger partial charge in [-0.05, 0) is 110 Å². The summed E-state index contributed by atoms with van der Waals surface area (Å²) in [6, 6.07) is 17.7. The highest BCUT2D eigenvalue weighted by molar-refractivity contribution is 7.09. The second-order valence-corrected chi connectivity index (χ2v) is 32.5. The van der Waals surface area contributed by atoms with Gasteiger partial charge in [0.25, 0.3) is 23.6 Å². The summed E-state index contributed by atoms with van der Waals surface area (Å²) in [5.41, 5.74) is 8.70. The number of amides is 4. The Morgan fingerprint density at radius 2 is 0.597 bits per heavy atom. The molecule has 16 rings (SSSR count). The first-order valence-corrected chi connectivity index (χ1v) is 44.2. The Hall–Kier alpha value is -12.5. The van der Waals surface area contributed by atoms with Crippen molar-refractivity contribution in [3.05, 3.63) is 161 Å². The number of esters is 8. The van der Waals surface area contributed by atoms with E-state index in [4.69, 9.17) is 75.8 Å². The Labute approximate surface area is 724 Å². The third-order valence-corrected chi connectivity index (χ3v) is 23.9. The van der Waals surface area contributed by atoms with Crippen molar-refractivity contribution in [2.45, 2.75) is 128 Å². The number of nitrogens with zero attached hydrogens (tertiary/aromatic N) is 4. The normalized spacial score (nSPS) is 16.3. The third kappa shape index (κ3) is 20.4. The molecular formula is C88H86N4O28S4. The molecule has 0 bridgehead atoms. The van der Waals surface area contributed by atoms with Crippen molar-refractivity contribution >= 4 is 139 Å². The quantitative estimate of drug-likeness (QED) is 0.0198. The van der Waals surface area contributed by atoms with E-state index in [0.717, 1.165) is 54.5 Å². The van der Waals surface area contributed by atoms with Gasteiger partial charge < -0.3 is 84.6 Å². The third-order valence-electron chi connectivity index (χ3n) is 21.1. The van der Waals surface area contributed by atoms with Crippen LogP contribution in [0.25, 0.3) is 33.2 Å². The number of imide groups is 2. The van der Waals surface area contributed by atoms with Crippen molar-refractivity contribution in [3.8, 4) is 57.4 Å². The summed E-state index contributed by atoms with van der Waals surface area (Å²) in [5, 5.41) is 15.0. The van der Waals surface area contributed by atoms with Crippen molar-refractivity contribution < 1.29 is 133 Å². The fourth-order valence-electron chi connectivity index (χ4n) is 15.0. The maximum absolute atomic E-state index is 13.6. The highest BCUT2D eigenvalue weighted by atomic mass is 32.1. The van der Waals surface area contributed by atoms with Crippen LogP contribution in [0.5, 0.6) is 46.0 Å². The Balaban J connectivity index is 0.000000192. The van der Waals surface area contributed by atoms with E-state index in [2.05, 4.69) is 34.8 Å². The van der Waals surface area contributed by atoms with Crippen molar-refractivity contribution in [3.63, 3.8) is 0 Å². The van der Waals surface area contributed by atoms with Crippen LogP contribution in [0.1, 0.15) is 141 Å². The molecule has 0 spiro atoms. The molecule has 0 saturated carbocycles. The van der Waals surface area contributed by atoms with E-state index in [-0.39, 0.29) is 201 Å². The van der Waals surface area contributed by atoms with Crippen molar-refractivity contribution in [1.82, 2.24) is 18.6 Å². The average molecular weight is 1780 g/mol. The summed E-state index contributed by atoms with van der Waals surface area (Å²) in [6.45, 7) is 4.68. The summed E-state index contributed by atoms with van der Waals surface area (Å²) < 4.78 is 92.8. The number of benzene rings is 2. The number of pyridine rings is 2. The first kappa shape index (κ1) is 86.4. The van der Waals surface area contributed by atoms with Crippen LogP contribution in [0.15, 0.2) is 116 Å². The molecule has 6 aliphatic heterocycles. The summed E-state index contributed by atoms with van der Waals surface area (Å²) in [4.78, 5) is 156. The standard InChI is InChI=1S/C46H48N2O12S2.C42H38N2O16S2/c1-29-33(15-19-53-41(49)11-7-13-43(51)57-23-31-21-55-37-25-61-27-39(37)59-31)35-9-3-5-17-47(35)45(29)46-30(2)34(36-10-4-6-18-48(36)46)16-20-54-42(50)12-8-14-44(52)58-24-32-22-56-38-26-62-28-40(38)60-32;45-33(3-1-5-35(47)57-17-23-15-55-29-19-61-21-31(29)59-23)53-13-11-43-39(49)25-7-9-27-38-28(10-8-26(37(25)38)40(43)50)42(52)44(41(27)51)12-14-54-34(46)4-2-6-36(48)58-18-24-16-56-30-20-62-22-32(30)60-24/h3-6,9-10,17-18,25-28,31-32H,7-8,11-16,19-24H2,1-2H3;7-10,19-24H,1-6,11-18H2. The summed E-state index contributed by atoms with van der Waals surface area (Å²) in [5.74, 6) is -1.40.